The van der Waals surface area contributed by atoms with E-state index in [-0.39, 0.29) is 22.6 Å². The Morgan fingerprint density at radius 1 is 1.03 bits per heavy atom. The highest BCUT2D eigenvalue weighted by molar-refractivity contribution is 5.96. The number of ether oxygens (including phenoxy) is 1. The largest absolute Gasteiger partial charge is 0.488 e. The van der Waals surface area contributed by atoms with Crippen LogP contribution in [-0.4, -0.2) is 16.1 Å². The third-order valence-corrected chi connectivity index (χ3v) is 5.99. The van der Waals surface area contributed by atoms with Crippen LogP contribution in [-0.2, 0) is 12.8 Å². The van der Waals surface area contributed by atoms with Crippen molar-refractivity contribution in [1.29, 1.82) is 0 Å². The third-order valence-electron chi connectivity index (χ3n) is 5.99. The van der Waals surface area contributed by atoms with Crippen LogP contribution in [0.2, 0.25) is 0 Å². The summed E-state index contributed by atoms with van der Waals surface area (Å²) in [5.74, 6) is -4.73. The number of carboxylic acid groups (broad SMARTS) is 1. The molecule has 0 atom stereocenters. The Labute approximate surface area is 201 Å². The molecule has 1 aliphatic carbocycles. The first-order valence-electron chi connectivity index (χ1n) is 10.9. The molecular weight excluding hydrogens is 488 g/mol. The summed E-state index contributed by atoms with van der Waals surface area (Å²) in [4.78, 5) is 15.7. The molecule has 0 saturated heterocycles. The summed E-state index contributed by atoms with van der Waals surface area (Å²) < 4.78 is 87.5. The van der Waals surface area contributed by atoms with Crippen molar-refractivity contribution in [3.63, 3.8) is 0 Å². The maximum Gasteiger partial charge on any atom is 0.416 e. The van der Waals surface area contributed by atoms with E-state index in [0.717, 1.165) is 18.2 Å². The number of rotatable bonds is 6. The van der Waals surface area contributed by atoms with E-state index in [0.29, 0.717) is 48.1 Å². The molecule has 0 unspecified atom stereocenters. The van der Waals surface area contributed by atoms with Crippen LogP contribution in [0.15, 0.2) is 42.6 Å². The van der Waals surface area contributed by atoms with E-state index in [1.807, 2.05) is 0 Å². The maximum absolute atomic E-state index is 14.1. The molecule has 188 valence electrons. The molecule has 1 N–H and O–H groups in total. The fourth-order valence-electron chi connectivity index (χ4n) is 4.20. The second kappa shape index (κ2) is 9.67. The van der Waals surface area contributed by atoms with Crippen LogP contribution in [0.3, 0.4) is 0 Å². The average Bonchev–Trinajstić information content (AvgIpc) is 3.27. The summed E-state index contributed by atoms with van der Waals surface area (Å²) >= 11 is 0. The highest BCUT2D eigenvalue weighted by Crippen LogP contribution is 2.45. The first-order chi connectivity index (χ1) is 17.0. The lowest BCUT2D eigenvalue weighted by molar-refractivity contribution is -0.137. The van der Waals surface area contributed by atoms with Gasteiger partial charge in [-0.25, -0.2) is 18.0 Å². The molecule has 10 heteroatoms. The zero-order valence-electron chi connectivity index (χ0n) is 18.8. The number of pyridine rings is 1. The van der Waals surface area contributed by atoms with Crippen LogP contribution >= 0.6 is 0 Å². The van der Waals surface area contributed by atoms with Crippen LogP contribution in [0.5, 0.6) is 5.75 Å². The Bertz CT molecular complexity index is 1360. The molecule has 0 saturated carbocycles. The molecule has 1 heterocycles. The Morgan fingerprint density at radius 3 is 2.33 bits per heavy atom. The number of allylic oxidation sites excluding steroid dienone is 2. The van der Waals surface area contributed by atoms with E-state index in [9.17, 15) is 36.2 Å². The van der Waals surface area contributed by atoms with E-state index in [1.54, 1.807) is 0 Å². The SMILES string of the molecule is Cc1ncc(C2=C(c3cc(C(F)(F)F)ccc3OCc3c(F)cc(F)cc3F)CCC2)cc1C(=O)O. The van der Waals surface area contributed by atoms with Gasteiger partial charge in [-0.15, -0.1) is 0 Å². The second-order valence-corrected chi connectivity index (χ2v) is 8.32. The van der Waals surface area contributed by atoms with Crippen molar-refractivity contribution >= 4 is 17.1 Å². The molecular formula is C26H19F6NO3. The highest BCUT2D eigenvalue weighted by atomic mass is 19.4. The van der Waals surface area contributed by atoms with Crippen LogP contribution in [0.4, 0.5) is 26.3 Å². The van der Waals surface area contributed by atoms with Crippen LogP contribution in [0.1, 0.15) is 57.6 Å². The number of halogens is 6. The lowest BCUT2D eigenvalue weighted by Crippen LogP contribution is -2.08. The number of alkyl halides is 3. The molecule has 0 radical (unpaired) electrons. The fourth-order valence-corrected chi connectivity index (χ4v) is 4.20. The van der Waals surface area contributed by atoms with Crippen molar-refractivity contribution in [2.45, 2.75) is 39.0 Å². The van der Waals surface area contributed by atoms with Crippen LogP contribution < -0.4 is 4.74 Å². The van der Waals surface area contributed by atoms with Crippen molar-refractivity contribution in [3.8, 4) is 5.75 Å². The number of aromatic carboxylic acids is 1. The van der Waals surface area contributed by atoms with Crippen LogP contribution in [0.25, 0.3) is 11.1 Å². The number of benzene rings is 2. The Kier molecular flexibility index (Phi) is 6.79. The Hall–Kier alpha value is -3.82. The van der Waals surface area contributed by atoms with Gasteiger partial charge in [-0.3, -0.25) is 4.98 Å². The van der Waals surface area contributed by atoms with Crippen molar-refractivity contribution in [3.05, 3.63) is 93.6 Å². The van der Waals surface area contributed by atoms with Gasteiger partial charge in [-0.1, -0.05) is 0 Å². The molecule has 0 bridgehead atoms. The van der Waals surface area contributed by atoms with Gasteiger partial charge in [0.15, 0.2) is 0 Å². The van der Waals surface area contributed by atoms with Gasteiger partial charge in [0.1, 0.15) is 29.8 Å². The number of carboxylic acids is 1. The minimum atomic E-state index is -4.66. The first-order valence-corrected chi connectivity index (χ1v) is 10.9. The summed E-state index contributed by atoms with van der Waals surface area (Å²) in [5.41, 5.74) is 0.341. The zero-order chi connectivity index (χ0) is 26.2. The van der Waals surface area contributed by atoms with Gasteiger partial charge in [0.05, 0.1) is 22.4 Å². The molecule has 0 amide bonds. The minimum absolute atomic E-state index is 0.0333. The predicted octanol–water partition coefficient (Wildman–Crippen LogP) is 7.20. The van der Waals surface area contributed by atoms with E-state index in [1.165, 1.54) is 19.2 Å². The van der Waals surface area contributed by atoms with E-state index in [4.69, 9.17) is 4.74 Å². The zero-order valence-corrected chi connectivity index (χ0v) is 18.8. The van der Waals surface area contributed by atoms with E-state index in [2.05, 4.69) is 4.98 Å². The highest BCUT2D eigenvalue weighted by Gasteiger charge is 2.32. The summed E-state index contributed by atoms with van der Waals surface area (Å²) in [6, 6.07) is 5.14. The minimum Gasteiger partial charge on any atom is -0.488 e. The summed E-state index contributed by atoms with van der Waals surface area (Å²) in [6.45, 7) is 0.845. The van der Waals surface area contributed by atoms with Gasteiger partial charge in [0.2, 0.25) is 0 Å². The molecule has 1 aromatic heterocycles. The molecule has 3 aromatic rings. The van der Waals surface area contributed by atoms with Gasteiger partial charge < -0.3 is 9.84 Å². The normalized spacial score (nSPS) is 13.9. The molecule has 36 heavy (non-hydrogen) atoms. The summed E-state index contributed by atoms with van der Waals surface area (Å²) in [5, 5.41) is 9.44. The molecule has 1 aliphatic rings. The molecule has 0 fully saturated rings. The monoisotopic (exact) mass is 507 g/mol. The Balaban J connectivity index is 1.81. The molecule has 4 nitrogen and oxygen atoms in total. The van der Waals surface area contributed by atoms with Crippen molar-refractivity contribution in [2.24, 2.45) is 0 Å². The lowest BCUT2D eigenvalue weighted by atomic mass is 9.95. The predicted molar refractivity (Wildman–Crippen MR) is 119 cm³/mol. The number of aryl methyl sites for hydroxylation is 1. The molecule has 2 aromatic carbocycles. The standard InChI is InChI=1S/C26H19F6NO3/c1-13-19(25(34)35)7-14(11-33-13)17-3-2-4-18(17)20-8-15(26(30,31)32)5-6-24(20)36-12-21-22(28)9-16(27)10-23(21)29/h5-11H,2-4,12H2,1H3,(H,34,35). The second-order valence-electron chi connectivity index (χ2n) is 8.32. The summed E-state index contributed by atoms with van der Waals surface area (Å²) in [6.07, 6.45) is -1.81. The number of hydrogen-bond acceptors (Lipinski definition) is 3. The average molecular weight is 507 g/mol. The quantitative estimate of drug-likeness (QED) is 0.359. The van der Waals surface area contributed by atoms with Crippen molar-refractivity contribution in [2.75, 3.05) is 0 Å². The van der Waals surface area contributed by atoms with Gasteiger partial charge in [-0.2, -0.15) is 13.2 Å². The van der Waals surface area contributed by atoms with Gasteiger partial charge in [-0.05, 0) is 67.2 Å². The van der Waals surface area contributed by atoms with Gasteiger partial charge in [0.25, 0.3) is 0 Å². The van der Waals surface area contributed by atoms with Gasteiger partial charge >= 0.3 is 12.1 Å². The van der Waals surface area contributed by atoms with E-state index >= 15 is 0 Å². The Morgan fingerprint density at radius 2 is 1.69 bits per heavy atom. The van der Waals surface area contributed by atoms with Gasteiger partial charge in [0, 0.05) is 23.9 Å². The number of hydrogen-bond donors (Lipinski definition) is 1. The maximum atomic E-state index is 14.1. The third kappa shape index (κ3) is 5.07. The lowest BCUT2D eigenvalue weighted by Gasteiger charge is -2.18. The fraction of sp³-hybridized carbons (Fsp3) is 0.231. The van der Waals surface area contributed by atoms with Crippen molar-refractivity contribution in [1.82, 2.24) is 4.98 Å². The number of carbonyl (C=O) groups is 1. The van der Waals surface area contributed by atoms with Crippen LogP contribution in [0, 0.1) is 24.4 Å². The molecule has 0 aliphatic heterocycles. The first kappa shape index (κ1) is 25.3. The van der Waals surface area contributed by atoms with Crippen molar-refractivity contribution < 1.29 is 41.0 Å². The topological polar surface area (TPSA) is 59.4 Å². The summed E-state index contributed by atoms with van der Waals surface area (Å²) in [7, 11) is 0. The molecule has 0 spiro atoms. The molecule has 4 rings (SSSR count). The number of nitrogens with zero attached hydrogens (tertiary/aromatic N) is 1. The van der Waals surface area contributed by atoms with E-state index < -0.39 is 47.3 Å². The smallest absolute Gasteiger partial charge is 0.416 e. The number of aromatic nitrogens is 1.